The van der Waals surface area contributed by atoms with Crippen LogP contribution in [0.25, 0.3) is 0 Å². The molecule has 0 bridgehead atoms. The second kappa shape index (κ2) is 4.44. The zero-order valence-corrected chi connectivity index (χ0v) is 6.95. The maximum atomic E-state index is 10.8. The molecular formula is C6H13NO2S. The highest BCUT2D eigenvalue weighted by molar-refractivity contribution is 7.91. The maximum absolute atomic E-state index is 10.8. The van der Waals surface area contributed by atoms with Crippen molar-refractivity contribution in [3.63, 3.8) is 0 Å². The van der Waals surface area contributed by atoms with Gasteiger partial charge in [0.25, 0.3) is 0 Å². The zero-order valence-electron chi connectivity index (χ0n) is 6.13. The third-order valence-corrected chi connectivity index (χ3v) is 2.73. The van der Waals surface area contributed by atoms with E-state index in [9.17, 15) is 8.42 Å². The van der Waals surface area contributed by atoms with Crippen molar-refractivity contribution in [3.8, 4) is 0 Å². The fourth-order valence-electron chi connectivity index (χ4n) is 0.575. The topological polar surface area (TPSA) is 58.0 Å². The summed E-state index contributed by atoms with van der Waals surface area (Å²) in [5.74, 6) is 0.117. The molecule has 0 spiro atoms. The Morgan fingerprint density at radius 1 is 1.50 bits per heavy atom. The van der Waals surface area contributed by atoms with Gasteiger partial charge in [-0.3, -0.25) is 0 Å². The van der Waals surface area contributed by atoms with Gasteiger partial charge < -0.3 is 5.41 Å². The second-order valence-corrected chi connectivity index (χ2v) is 4.40. The third-order valence-electron chi connectivity index (χ3n) is 1.15. The fraction of sp³-hybridized carbons (Fsp3) is 0.833. The van der Waals surface area contributed by atoms with Crippen molar-refractivity contribution in [1.29, 1.82) is 5.41 Å². The molecule has 0 amide bonds. The lowest BCUT2D eigenvalue weighted by atomic mass is 10.4. The Morgan fingerprint density at radius 3 is 2.50 bits per heavy atom. The molecule has 0 heterocycles. The van der Waals surface area contributed by atoms with Crippen LogP contribution in [0.3, 0.4) is 0 Å². The minimum absolute atomic E-state index is 0.104. The van der Waals surface area contributed by atoms with Crippen molar-refractivity contribution in [2.75, 3.05) is 11.5 Å². The zero-order chi connectivity index (χ0) is 8.04. The predicted molar refractivity (Wildman–Crippen MR) is 42.3 cm³/mol. The number of hydrogen-bond acceptors (Lipinski definition) is 3. The van der Waals surface area contributed by atoms with Crippen molar-refractivity contribution in [3.05, 3.63) is 0 Å². The van der Waals surface area contributed by atoms with Gasteiger partial charge in [0.05, 0.1) is 11.5 Å². The molecule has 0 radical (unpaired) electrons. The van der Waals surface area contributed by atoms with Crippen molar-refractivity contribution in [2.24, 2.45) is 0 Å². The summed E-state index contributed by atoms with van der Waals surface area (Å²) in [6.07, 6.45) is 2.53. The normalized spacial score (nSPS) is 11.3. The molecule has 60 valence electrons. The summed E-state index contributed by atoms with van der Waals surface area (Å²) < 4.78 is 21.7. The number of rotatable bonds is 5. The standard InChI is InChI=1S/C6H13NO2S/c1-2-3-5-10(8,9)6-4-7/h4,7H,2-3,5-6H2,1H3. The minimum atomic E-state index is -2.94. The summed E-state index contributed by atoms with van der Waals surface area (Å²) in [6.45, 7) is 1.94. The van der Waals surface area contributed by atoms with Crippen molar-refractivity contribution in [1.82, 2.24) is 0 Å². The molecule has 1 N–H and O–H groups in total. The number of unbranched alkanes of at least 4 members (excludes halogenated alkanes) is 1. The van der Waals surface area contributed by atoms with Crippen LogP contribution in [-0.2, 0) is 9.84 Å². The van der Waals surface area contributed by atoms with Crippen LogP contribution in [0, 0.1) is 5.41 Å². The summed E-state index contributed by atoms with van der Waals surface area (Å²) in [7, 11) is -2.94. The molecule has 0 saturated heterocycles. The van der Waals surface area contributed by atoms with Gasteiger partial charge in [-0.1, -0.05) is 13.3 Å². The SMILES string of the molecule is CCCCS(=O)(=O)CC=N. The highest BCUT2D eigenvalue weighted by atomic mass is 32.2. The lowest BCUT2D eigenvalue weighted by Crippen LogP contribution is -2.11. The number of hydrogen-bond donors (Lipinski definition) is 1. The van der Waals surface area contributed by atoms with E-state index in [1.54, 1.807) is 0 Å². The van der Waals surface area contributed by atoms with Gasteiger partial charge in [0.15, 0.2) is 9.84 Å². The molecule has 0 saturated carbocycles. The second-order valence-electron chi connectivity index (χ2n) is 2.17. The lowest BCUT2D eigenvalue weighted by molar-refractivity contribution is 0.596. The third kappa shape index (κ3) is 4.49. The quantitative estimate of drug-likeness (QED) is 0.611. The van der Waals surface area contributed by atoms with Crippen molar-refractivity contribution in [2.45, 2.75) is 19.8 Å². The smallest absolute Gasteiger partial charge is 0.155 e. The molecule has 0 aliphatic rings. The van der Waals surface area contributed by atoms with Crippen molar-refractivity contribution >= 4 is 16.1 Å². The lowest BCUT2D eigenvalue weighted by Gasteiger charge is -1.96. The van der Waals surface area contributed by atoms with Crippen LogP contribution < -0.4 is 0 Å². The predicted octanol–water partition coefficient (Wildman–Crippen LogP) is 0.851. The molecule has 0 aromatic carbocycles. The molecule has 4 heteroatoms. The van der Waals surface area contributed by atoms with E-state index in [2.05, 4.69) is 0 Å². The molecule has 0 aromatic heterocycles. The average molecular weight is 163 g/mol. The van der Waals surface area contributed by atoms with Gasteiger partial charge >= 0.3 is 0 Å². The van der Waals surface area contributed by atoms with E-state index in [0.29, 0.717) is 6.42 Å². The summed E-state index contributed by atoms with van der Waals surface area (Å²) >= 11 is 0. The Balaban J connectivity index is 3.76. The fourth-order valence-corrected chi connectivity index (χ4v) is 1.72. The molecule has 0 atom stereocenters. The summed E-state index contributed by atoms with van der Waals surface area (Å²) in [5.41, 5.74) is 0. The first-order valence-electron chi connectivity index (χ1n) is 3.31. The first kappa shape index (κ1) is 9.62. The van der Waals surface area contributed by atoms with Gasteiger partial charge in [-0.2, -0.15) is 0 Å². The Bertz CT molecular complexity index is 184. The van der Waals surface area contributed by atoms with Crippen LogP contribution in [0.1, 0.15) is 19.8 Å². The van der Waals surface area contributed by atoms with Gasteiger partial charge in [-0.25, -0.2) is 8.42 Å². The highest BCUT2D eigenvalue weighted by Crippen LogP contribution is 1.94. The van der Waals surface area contributed by atoms with Crippen LogP contribution in [0.2, 0.25) is 0 Å². The Labute approximate surface area is 61.9 Å². The van der Waals surface area contributed by atoms with Crippen LogP contribution >= 0.6 is 0 Å². The molecule has 0 aromatic rings. The molecule has 3 nitrogen and oxygen atoms in total. The molecule has 0 fully saturated rings. The summed E-state index contributed by atoms with van der Waals surface area (Å²) in [5, 5.41) is 6.59. The molecule has 0 aliphatic carbocycles. The van der Waals surface area contributed by atoms with Crippen molar-refractivity contribution < 1.29 is 8.42 Å². The molecule has 10 heavy (non-hydrogen) atoms. The van der Waals surface area contributed by atoms with E-state index < -0.39 is 9.84 Å². The van der Waals surface area contributed by atoms with E-state index in [1.165, 1.54) is 0 Å². The van der Waals surface area contributed by atoms with Gasteiger partial charge in [0.2, 0.25) is 0 Å². The minimum Gasteiger partial charge on any atom is -0.312 e. The summed E-state index contributed by atoms with van der Waals surface area (Å²) in [6, 6.07) is 0. The number of nitrogens with one attached hydrogen (secondary N) is 1. The first-order valence-corrected chi connectivity index (χ1v) is 5.14. The van der Waals surface area contributed by atoms with E-state index in [-0.39, 0.29) is 11.5 Å². The molecule has 0 aliphatic heterocycles. The molecular weight excluding hydrogens is 150 g/mol. The monoisotopic (exact) mass is 163 g/mol. The first-order chi connectivity index (χ1) is 4.62. The van der Waals surface area contributed by atoms with E-state index in [0.717, 1.165) is 12.6 Å². The molecule has 0 rings (SSSR count). The molecule has 0 unspecified atom stereocenters. The Kier molecular flexibility index (Phi) is 4.27. The van der Waals surface area contributed by atoms with Crippen LogP contribution in [0.15, 0.2) is 0 Å². The van der Waals surface area contributed by atoms with Crippen LogP contribution in [0.4, 0.5) is 0 Å². The highest BCUT2D eigenvalue weighted by Gasteiger charge is 2.06. The Hall–Kier alpha value is -0.380. The van der Waals surface area contributed by atoms with Gasteiger partial charge in [0.1, 0.15) is 0 Å². The number of sulfone groups is 1. The van der Waals surface area contributed by atoms with Gasteiger partial charge in [-0.15, -0.1) is 0 Å². The van der Waals surface area contributed by atoms with Crippen LogP contribution in [0.5, 0.6) is 0 Å². The van der Waals surface area contributed by atoms with E-state index in [4.69, 9.17) is 5.41 Å². The largest absolute Gasteiger partial charge is 0.312 e. The van der Waals surface area contributed by atoms with E-state index >= 15 is 0 Å². The van der Waals surface area contributed by atoms with Gasteiger partial charge in [0, 0.05) is 6.21 Å². The maximum Gasteiger partial charge on any atom is 0.155 e. The van der Waals surface area contributed by atoms with Gasteiger partial charge in [-0.05, 0) is 6.42 Å². The van der Waals surface area contributed by atoms with E-state index in [1.807, 2.05) is 6.92 Å². The Morgan fingerprint density at radius 2 is 2.10 bits per heavy atom. The summed E-state index contributed by atoms with van der Waals surface area (Å²) in [4.78, 5) is 0. The van der Waals surface area contributed by atoms with Crippen LogP contribution in [-0.4, -0.2) is 26.1 Å². The average Bonchev–Trinajstić information content (AvgIpc) is 1.84.